The van der Waals surface area contributed by atoms with Crippen LogP contribution in [0.15, 0.2) is 42.5 Å². The number of hydrogen-bond acceptors (Lipinski definition) is 2. The van der Waals surface area contributed by atoms with Crippen molar-refractivity contribution in [3.05, 3.63) is 58.6 Å². The zero-order valence-electron chi connectivity index (χ0n) is 12.1. The van der Waals surface area contributed by atoms with Gasteiger partial charge in [-0.15, -0.1) is 0 Å². The lowest BCUT2D eigenvalue weighted by Gasteiger charge is -2.11. The fraction of sp³-hybridized carbons (Fsp3) is 0.294. The van der Waals surface area contributed by atoms with Crippen molar-refractivity contribution >= 4 is 11.6 Å². The van der Waals surface area contributed by atoms with Gasteiger partial charge in [0.15, 0.2) is 0 Å². The van der Waals surface area contributed by atoms with Gasteiger partial charge in [0.1, 0.15) is 11.5 Å². The summed E-state index contributed by atoms with van der Waals surface area (Å²) >= 11 is 5.94. The molecule has 20 heavy (non-hydrogen) atoms. The predicted molar refractivity (Wildman–Crippen MR) is 84.7 cm³/mol. The van der Waals surface area contributed by atoms with Crippen LogP contribution in [0, 0.1) is 6.92 Å². The molecule has 0 amide bonds. The van der Waals surface area contributed by atoms with Crippen LogP contribution in [-0.2, 0) is 6.54 Å². The molecule has 0 aromatic heterocycles. The van der Waals surface area contributed by atoms with Crippen molar-refractivity contribution in [2.24, 2.45) is 0 Å². The lowest BCUT2D eigenvalue weighted by Crippen LogP contribution is -2.21. The Balaban J connectivity index is 2.03. The Morgan fingerprint density at radius 1 is 1.10 bits per heavy atom. The summed E-state index contributed by atoms with van der Waals surface area (Å²) in [7, 11) is 0. The van der Waals surface area contributed by atoms with Crippen LogP contribution in [0.1, 0.15) is 25.0 Å². The van der Waals surface area contributed by atoms with Crippen molar-refractivity contribution in [1.29, 1.82) is 0 Å². The highest BCUT2D eigenvalue weighted by atomic mass is 35.5. The molecular formula is C17H20ClNO. The topological polar surface area (TPSA) is 21.3 Å². The minimum atomic E-state index is 0.489. The maximum absolute atomic E-state index is 5.94. The van der Waals surface area contributed by atoms with Gasteiger partial charge in [0.2, 0.25) is 0 Å². The quantitative estimate of drug-likeness (QED) is 0.842. The monoisotopic (exact) mass is 289 g/mol. The van der Waals surface area contributed by atoms with Gasteiger partial charge in [-0.25, -0.2) is 0 Å². The number of ether oxygens (including phenoxy) is 1. The van der Waals surface area contributed by atoms with Gasteiger partial charge in [-0.05, 0) is 48.4 Å². The van der Waals surface area contributed by atoms with Crippen LogP contribution in [-0.4, -0.2) is 6.04 Å². The largest absolute Gasteiger partial charge is 0.457 e. The van der Waals surface area contributed by atoms with Crippen LogP contribution >= 0.6 is 11.6 Å². The van der Waals surface area contributed by atoms with E-state index in [1.165, 1.54) is 5.56 Å². The highest BCUT2D eigenvalue weighted by Gasteiger charge is 2.03. The summed E-state index contributed by atoms with van der Waals surface area (Å²) in [6.07, 6.45) is 0. The molecule has 0 bridgehead atoms. The van der Waals surface area contributed by atoms with E-state index in [1.54, 1.807) is 0 Å². The summed E-state index contributed by atoms with van der Waals surface area (Å²) in [5.41, 5.74) is 2.28. The van der Waals surface area contributed by atoms with Crippen LogP contribution in [0.5, 0.6) is 11.5 Å². The molecule has 2 aromatic carbocycles. The Labute approximate surface area is 125 Å². The van der Waals surface area contributed by atoms with Crippen LogP contribution in [0.2, 0.25) is 5.02 Å². The number of nitrogens with one attached hydrogen (secondary N) is 1. The molecule has 0 aliphatic heterocycles. The third-order valence-electron chi connectivity index (χ3n) is 3.00. The summed E-state index contributed by atoms with van der Waals surface area (Å²) in [5, 5.41) is 4.12. The van der Waals surface area contributed by atoms with E-state index in [9.17, 15) is 0 Å². The summed E-state index contributed by atoms with van der Waals surface area (Å²) in [4.78, 5) is 0. The molecule has 0 fully saturated rings. The molecule has 1 N–H and O–H groups in total. The smallest absolute Gasteiger partial charge is 0.130 e. The van der Waals surface area contributed by atoms with Crippen LogP contribution < -0.4 is 10.1 Å². The van der Waals surface area contributed by atoms with E-state index < -0.39 is 0 Å². The normalized spacial score (nSPS) is 10.8. The van der Waals surface area contributed by atoms with Crippen molar-refractivity contribution in [2.75, 3.05) is 0 Å². The zero-order chi connectivity index (χ0) is 14.5. The van der Waals surface area contributed by atoms with E-state index in [-0.39, 0.29) is 0 Å². The average Bonchev–Trinajstić information content (AvgIpc) is 2.41. The minimum Gasteiger partial charge on any atom is -0.457 e. The van der Waals surface area contributed by atoms with Crippen molar-refractivity contribution < 1.29 is 4.74 Å². The lowest BCUT2D eigenvalue weighted by molar-refractivity contribution is 0.478. The van der Waals surface area contributed by atoms with E-state index in [2.05, 4.69) is 31.3 Å². The van der Waals surface area contributed by atoms with E-state index >= 15 is 0 Å². The van der Waals surface area contributed by atoms with Gasteiger partial charge < -0.3 is 10.1 Å². The Morgan fingerprint density at radius 3 is 2.40 bits per heavy atom. The Bertz CT molecular complexity index is 564. The Morgan fingerprint density at radius 2 is 1.80 bits per heavy atom. The van der Waals surface area contributed by atoms with Gasteiger partial charge in [0, 0.05) is 17.6 Å². The molecule has 3 heteroatoms. The van der Waals surface area contributed by atoms with Gasteiger partial charge >= 0.3 is 0 Å². The van der Waals surface area contributed by atoms with Gasteiger partial charge in [-0.1, -0.05) is 37.6 Å². The third kappa shape index (κ3) is 4.26. The second-order valence-corrected chi connectivity index (χ2v) is 5.63. The van der Waals surface area contributed by atoms with Crippen molar-refractivity contribution in [3.63, 3.8) is 0 Å². The maximum Gasteiger partial charge on any atom is 0.130 e. The molecule has 2 aromatic rings. The fourth-order valence-electron chi connectivity index (χ4n) is 1.85. The van der Waals surface area contributed by atoms with Crippen LogP contribution in [0.3, 0.4) is 0 Å². The number of aryl methyl sites for hydroxylation is 1. The van der Waals surface area contributed by atoms with Crippen molar-refractivity contribution in [3.8, 4) is 11.5 Å². The van der Waals surface area contributed by atoms with E-state index in [0.717, 1.165) is 28.6 Å². The van der Waals surface area contributed by atoms with Gasteiger partial charge in [0.05, 0.1) is 0 Å². The first-order valence-electron chi connectivity index (χ1n) is 6.81. The summed E-state index contributed by atoms with van der Waals surface area (Å²) in [6, 6.07) is 14.3. The maximum atomic E-state index is 5.94. The molecule has 0 heterocycles. The fourth-order valence-corrected chi connectivity index (χ4v) is 2.08. The lowest BCUT2D eigenvalue weighted by atomic mass is 10.2. The zero-order valence-corrected chi connectivity index (χ0v) is 12.9. The predicted octanol–water partition coefficient (Wildman–Crippen LogP) is 4.94. The molecule has 0 saturated heterocycles. The molecule has 0 spiro atoms. The molecule has 0 saturated carbocycles. The van der Waals surface area contributed by atoms with E-state index in [4.69, 9.17) is 16.3 Å². The SMILES string of the molecule is Cc1cc(Cl)ccc1Oc1ccc(CNC(C)C)cc1. The van der Waals surface area contributed by atoms with Gasteiger partial charge in [-0.3, -0.25) is 0 Å². The Kier molecular flexibility index (Phi) is 5.05. The average molecular weight is 290 g/mol. The minimum absolute atomic E-state index is 0.489. The number of halogens is 1. The first kappa shape index (κ1) is 14.9. The third-order valence-corrected chi connectivity index (χ3v) is 3.24. The summed E-state index contributed by atoms with van der Waals surface area (Å²) in [6.45, 7) is 7.14. The second-order valence-electron chi connectivity index (χ2n) is 5.19. The highest BCUT2D eigenvalue weighted by Crippen LogP contribution is 2.27. The molecule has 0 aliphatic rings. The first-order valence-corrected chi connectivity index (χ1v) is 7.19. The number of benzene rings is 2. The van der Waals surface area contributed by atoms with Crippen molar-refractivity contribution in [1.82, 2.24) is 5.32 Å². The number of rotatable bonds is 5. The molecule has 0 radical (unpaired) electrons. The first-order chi connectivity index (χ1) is 9.54. The molecular weight excluding hydrogens is 270 g/mol. The van der Waals surface area contributed by atoms with Crippen LogP contribution in [0.25, 0.3) is 0 Å². The highest BCUT2D eigenvalue weighted by molar-refractivity contribution is 6.30. The standard InChI is InChI=1S/C17H20ClNO/c1-12(2)19-11-14-4-7-16(8-5-14)20-17-9-6-15(18)10-13(17)3/h4-10,12,19H,11H2,1-3H3. The summed E-state index contributed by atoms with van der Waals surface area (Å²) in [5.74, 6) is 1.67. The molecule has 0 aliphatic carbocycles. The van der Waals surface area contributed by atoms with Gasteiger partial charge in [-0.2, -0.15) is 0 Å². The Hall–Kier alpha value is -1.51. The van der Waals surface area contributed by atoms with E-state index in [0.29, 0.717) is 6.04 Å². The number of hydrogen-bond donors (Lipinski definition) is 1. The van der Waals surface area contributed by atoms with Gasteiger partial charge in [0.25, 0.3) is 0 Å². The van der Waals surface area contributed by atoms with E-state index in [1.807, 2.05) is 37.3 Å². The molecule has 106 valence electrons. The molecule has 2 nitrogen and oxygen atoms in total. The van der Waals surface area contributed by atoms with Crippen LogP contribution in [0.4, 0.5) is 0 Å². The second kappa shape index (κ2) is 6.78. The van der Waals surface area contributed by atoms with Crippen molar-refractivity contribution in [2.45, 2.75) is 33.4 Å². The molecule has 0 unspecified atom stereocenters. The molecule has 2 rings (SSSR count). The molecule has 0 atom stereocenters. The summed E-state index contributed by atoms with van der Waals surface area (Å²) < 4.78 is 5.87.